The second kappa shape index (κ2) is 7.54. The first kappa shape index (κ1) is 19.3. The van der Waals surface area contributed by atoms with Gasteiger partial charge in [0.2, 0.25) is 10.0 Å². The van der Waals surface area contributed by atoms with Gasteiger partial charge in [0, 0.05) is 43.3 Å². The molecule has 2 N–H and O–H groups in total. The first-order valence-electron chi connectivity index (χ1n) is 10.3. The molecule has 1 saturated heterocycles. The summed E-state index contributed by atoms with van der Waals surface area (Å²) in [7, 11) is -3.63. The molecule has 3 heterocycles. The van der Waals surface area contributed by atoms with Gasteiger partial charge in [0.05, 0.1) is 22.1 Å². The van der Waals surface area contributed by atoms with E-state index < -0.39 is 10.0 Å². The molecule has 0 saturated carbocycles. The Bertz CT molecular complexity index is 1300. The Morgan fingerprint density at radius 3 is 2.77 bits per heavy atom. The summed E-state index contributed by atoms with van der Waals surface area (Å²) in [5, 5.41) is 6.93. The summed E-state index contributed by atoms with van der Waals surface area (Å²) >= 11 is 0. The Kier molecular flexibility index (Phi) is 4.85. The van der Waals surface area contributed by atoms with Crippen molar-refractivity contribution in [2.24, 2.45) is 0 Å². The molecule has 0 aliphatic carbocycles. The van der Waals surface area contributed by atoms with E-state index in [0.717, 1.165) is 53.6 Å². The van der Waals surface area contributed by atoms with Gasteiger partial charge in [0.1, 0.15) is 0 Å². The van der Waals surface area contributed by atoms with Crippen LogP contribution in [-0.2, 0) is 16.6 Å². The molecule has 2 aromatic heterocycles. The molecular formula is C22H25N5O2S. The number of aryl methyl sites for hydroxylation is 1. The van der Waals surface area contributed by atoms with E-state index in [9.17, 15) is 8.42 Å². The van der Waals surface area contributed by atoms with E-state index in [4.69, 9.17) is 5.10 Å². The number of nitrogens with zero attached hydrogens (tertiary/aromatic N) is 3. The first-order chi connectivity index (χ1) is 14.6. The fraction of sp³-hybridized carbons (Fsp3) is 0.318. The van der Waals surface area contributed by atoms with Crippen LogP contribution in [0.25, 0.3) is 21.8 Å². The summed E-state index contributed by atoms with van der Waals surface area (Å²) in [6.07, 6.45) is 2.93. The molecule has 0 radical (unpaired) electrons. The third kappa shape index (κ3) is 3.30. The van der Waals surface area contributed by atoms with Crippen molar-refractivity contribution in [3.8, 4) is 0 Å². The Morgan fingerprint density at radius 2 is 2.00 bits per heavy atom. The minimum Gasteiger partial charge on any atom is -0.361 e. The van der Waals surface area contributed by atoms with Gasteiger partial charge in [-0.25, -0.2) is 13.1 Å². The quantitative estimate of drug-likeness (QED) is 0.478. The van der Waals surface area contributed by atoms with Crippen molar-refractivity contribution in [1.82, 2.24) is 24.4 Å². The lowest BCUT2D eigenvalue weighted by molar-refractivity contribution is 0.117. The number of sulfonamides is 1. The van der Waals surface area contributed by atoms with Crippen molar-refractivity contribution in [2.45, 2.75) is 30.8 Å². The van der Waals surface area contributed by atoms with Crippen LogP contribution in [0.3, 0.4) is 0 Å². The highest BCUT2D eigenvalue weighted by molar-refractivity contribution is 7.89. The minimum atomic E-state index is -3.63. The highest BCUT2D eigenvalue weighted by Crippen LogP contribution is 2.31. The van der Waals surface area contributed by atoms with Gasteiger partial charge < -0.3 is 4.98 Å². The third-order valence-corrected chi connectivity index (χ3v) is 7.36. The molecule has 0 amide bonds. The summed E-state index contributed by atoms with van der Waals surface area (Å²) in [4.78, 5) is 5.64. The van der Waals surface area contributed by atoms with Gasteiger partial charge in [-0.1, -0.05) is 24.3 Å². The van der Waals surface area contributed by atoms with Gasteiger partial charge in [-0.3, -0.25) is 9.58 Å². The predicted octanol–water partition coefficient (Wildman–Crippen LogP) is 3.26. The summed E-state index contributed by atoms with van der Waals surface area (Å²) in [6.45, 7) is 5.04. The number of nitrogens with one attached hydrogen (secondary N) is 2. The molecule has 1 aliphatic heterocycles. The average Bonchev–Trinajstić information content (AvgIpc) is 3.33. The van der Waals surface area contributed by atoms with Crippen molar-refractivity contribution >= 4 is 31.8 Å². The van der Waals surface area contributed by atoms with Crippen LogP contribution in [0.5, 0.6) is 0 Å². The number of rotatable bonds is 7. The molecule has 1 aliphatic rings. The number of benzene rings is 2. The highest BCUT2D eigenvalue weighted by Gasteiger charge is 2.30. The fourth-order valence-electron chi connectivity index (χ4n) is 4.16. The van der Waals surface area contributed by atoms with Gasteiger partial charge >= 0.3 is 0 Å². The van der Waals surface area contributed by atoms with E-state index in [2.05, 4.69) is 33.7 Å². The van der Waals surface area contributed by atoms with E-state index >= 15 is 0 Å². The van der Waals surface area contributed by atoms with Gasteiger partial charge in [-0.05, 0) is 43.0 Å². The number of aromatic nitrogens is 3. The molecule has 4 aromatic rings. The van der Waals surface area contributed by atoms with Crippen LogP contribution in [0.4, 0.5) is 0 Å². The van der Waals surface area contributed by atoms with Gasteiger partial charge in [0.15, 0.2) is 0 Å². The summed E-state index contributed by atoms with van der Waals surface area (Å²) < 4.78 is 30.9. The van der Waals surface area contributed by atoms with Crippen LogP contribution in [0.15, 0.2) is 59.6 Å². The zero-order valence-corrected chi connectivity index (χ0v) is 17.7. The molecule has 0 spiro atoms. The molecule has 0 unspecified atom stereocenters. The molecule has 1 fully saturated rings. The fourth-order valence-corrected chi connectivity index (χ4v) is 5.22. The maximum Gasteiger partial charge on any atom is 0.240 e. The maximum atomic E-state index is 13.0. The predicted molar refractivity (Wildman–Crippen MR) is 118 cm³/mol. The monoisotopic (exact) mass is 423 g/mol. The van der Waals surface area contributed by atoms with Crippen LogP contribution < -0.4 is 4.72 Å². The number of fused-ring (bicyclic) bond motifs is 2. The van der Waals surface area contributed by atoms with Crippen LogP contribution in [-0.4, -0.2) is 47.7 Å². The van der Waals surface area contributed by atoms with Crippen LogP contribution >= 0.6 is 0 Å². The van der Waals surface area contributed by atoms with Crippen LogP contribution in [0, 0.1) is 0 Å². The van der Waals surface area contributed by atoms with Gasteiger partial charge in [0.25, 0.3) is 0 Å². The number of hydrogen-bond donors (Lipinski definition) is 2. The zero-order valence-electron chi connectivity index (χ0n) is 16.9. The first-order valence-corrected chi connectivity index (χ1v) is 11.8. The minimum absolute atomic E-state index is 0.0968. The van der Waals surface area contributed by atoms with Crippen molar-refractivity contribution in [3.63, 3.8) is 0 Å². The smallest absolute Gasteiger partial charge is 0.240 e. The lowest BCUT2D eigenvalue weighted by Crippen LogP contribution is -2.45. The molecule has 7 nitrogen and oxygen atoms in total. The molecular weight excluding hydrogens is 398 g/mol. The Balaban J connectivity index is 1.46. The van der Waals surface area contributed by atoms with Crippen molar-refractivity contribution in [3.05, 3.63) is 60.4 Å². The lowest BCUT2D eigenvalue weighted by Gasteiger charge is -2.37. The zero-order chi connectivity index (χ0) is 20.7. The number of hydrogen-bond acceptors (Lipinski definition) is 4. The van der Waals surface area contributed by atoms with E-state index in [1.165, 1.54) is 0 Å². The summed E-state index contributed by atoms with van der Waals surface area (Å²) in [6, 6.07) is 15.1. The Hall–Kier alpha value is -2.68. The molecule has 30 heavy (non-hydrogen) atoms. The Morgan fingerprint density at radius 1 is 1.17 bits per heavy atom. The molecule has 156 valence electrons. The van der Waals surface area contributed by atoms with Crippen molar-refractivity contribution < 1.29 is 8.42 Å². The van der Waals surface area contributed by atoms with E-state index in [1.807, 2.05) is 35.1 Å². The molecule has 0 bridgehead atoms. The Labute approximate surface area is 175 Å². The number of likely N-dealkylation sites (tertiary alicyclic amines) is 1. The van der Waals surface area contributed by atoms with Crippen molar-refractivity contribution in [2.75, 3.05) is 19.6 Å². The SMILES string of the molecule is CCn1nc([C@H](CNS(=O)(=O)c2ccc3cc[nH]c3c2)N2CCC2)c2ccccc21. The standard InChI is InChI=1S/C22H25N5O2S/c1-2-27-20-7-4-3-6-18(20)22(25-27)21(26-12-5-13-26)15-24-30(28,29)17-9-8-16-10-11-23-19(16)14-17/h3-4,6-11,14,21,23-24H,2,5,12-13,15H2,1H3/t21-/m0/s1. The lowest BCUT2D eigenvalue weighted by atomic mass is 10.0. The summed E-state index contributed by atoms with van der Waals surface area (Å²) in [5.74, 6) is 0. The van der Waals surface area contributed by atoms with Crippen LogP contribution in [0.2, 0.25) is 0 Å². The number of para-hydroxylation sites is 1. The second-order valence-corrected chi connectivity index (χ2v) is 9.47. The molecule has 8 heteroatoms. The average molecular weight is 424 g/mol. The van der Waals surface area contributed by atoms with E-state index in [-0.39, 0.29) is 17.5 Å². The van der Waals surface area contributed by atoms with Crippen molar-refractivity contribution in [1.29, 1.82) is 0 Å². The largest absolute Gasteiger partial charge is 0.361 e. The summed E-state index contributed by atoms with van der Waals surface area (Å²) in [5.41, 5.74) is 2.83. The van der Waals surface area contributed by atoms with Crippen LogP contribution in [0.1, 0.15) is 25.1 Å². The number of H-pyrrole nitrogens is 1. The van der Waals surface area contributed by atoms with E-state index in [0.29, 0.717) is 0 Å². The second-order valence-electron chi connectivity index (χ2n) is 7.70. The normalized spacial score (nSPS) is 16.2. The highest BCUT2D eigenvalue weighted by atomic mass is 32.2. The number of aromatic amines is 1. The van der Waals surface area contributed by atoms with E-state index in [1.54, 1.807) is 12.1 Å². The third-order valence-electron chi connectivity index (χ3n) is 5.94. The molecule has 2 aromatic carbocycles. The molecule has 5 rings (SSSR count). The molecule has 1 atom stereocenters. The van der Waals surface area contributed by atoms with Gasteiger partial charge in [-0.15, -0.1) is 0 Å². The van der Waals surface area contributed by atoms with Gasteiger partial charge in [-0.2, -0.15) is 5.10 Å². The maximum absolute atomic E-state index is 13.0. The topological polar surface area (TPSA) is 83.0 Å².